The van der Waals surface area contributed by atoms with Gasteiger partial charge in [-0.25, -0.2) is 8.42 Å². The molecular weight excluding hydrogens is 478 g/mol. The SMILES string of the molecule is CCn1c2ccccc2c2cc(NC(=O)CN(C)S(=O)(=O)c3ccc(Br)cc3)ccc21. The van der Waals surface area contributed by atoms with Crippen molar-refractivity contribution in [3.05, 3.63) is 71.2 Å². The summed E-state index contributed by atoms with van der Waals surface area (Å²) >= 11 is 3.29. The quantitative estimate of drug-likeness (QED) is 0.412. The molecule has 0 saturated carbocycles. The Morgan fingerprint density at radius 2 is 1.68 bits per heavy atom. The lowest BCUT2D eigenvalue weighted by Gasteiger charge is -2.17. The van der Waals surface area contributed by atoms with Gasteiger partial charge in [0.25, 0.3) is 0 Å². The summed E-state index contributed by atoms with van der Waals surface area (Å²) in [7, 11) is -2.36. The van der Waals surface area contributed by atoms with Crippen LogP contribution in [0.25, 0.3) is 21.8 Å². The number of amides is 1. The lowest BCUT2D eigenvalue weighted by molar-refractivity contribution is -0.116. The molecule has 0 aliphatic heterocycles. The molecule has 0 atom stereocenters. The Hall–Kier alpha value is -2.68. The average molecular weight is 500 g/mol. The Morgan fingerprint density at radius 1 is 1.00 bits per heavy atom. The van der Waals surface area contributed by atoms with E-state index in [1.807, 2.05) is 30.3 Å². The lowest BCUT2D eigenvalue weighted by atomic mass is 10.1. The van der Waals surface area contributed by atoms with E-state index in [2.05, 4.69) is 44.9 Å². The molecule has 0 radical (unpaired) electrons. The standard InChI is InChI=1S/C23H22BrN3O3S/c1-3-27-21-7-5-4-6-19(21)20-14-17(10-13-22(20)27)25-23(28)15-26(2)31(29,30)18-11-8-16(24)9-12-18/h4-14H,3,15H2,1-2H3,(H,25,28). The number of para-hydroxylation sites is 1. The molecule has 4 aromatic rings. The zero-order valence-corrected chi connectivity index (χ0v) is 19.6. The molecular formula is C23H22BrN3O3S. The van der Waals surface area contributed by atoms with Crippen molar-refractivity contribution >= 4 is 59.4 Å². The van der Waals surface area contributed by atoms with Gasteiger partial charge >= 0.3 is 0 Å². The van der Waals surface area contributed by atoms with Gasteiger partial charge in [-0.2, -0.15) is 4.31 Å². The molecule has 1 heterocycles. The van der Waals surface area contributed by atoms with Crippen molar-refractivity contribution in [3.63, 3.8) is 0 Å². The maximum atomic E-state index is 12.7. The predicted octanol–water partition coefficient (Wildman–Crippen LogP) is 4.84. The van der Waals surface area contributed by atoms with Crippen molar-refractivity contribution in [2.24, 2.45) is 0 Å². The highest BCUT2D eigenvalue weighted by molar-refractivity contribution is 9.10. The van der Waals surface area contributed by atoms with Gasteiger partial charge in [-0.15, -0.1) is 0 Å². The van der Waals surface area contributed by atoms with Crippen molar-refractivity contribution in [2.45, 2.75) is 18.4 Å². The zero-order valence-electron chi connectivity index (χ0n) is 17.2. The van der Waals surface area contributed by atoms with E-state index in [0.29, 0.717) is 5.69 Å². The largest absolute Gasteiger partial charge is 0.341 e. The first-order valence-electron chi connectivity index (χ1n) is 9.84. The third kappa shape index (κ3) is 4.11. The molecule has 0 unspecified atom stereocenters. The van der Waals surface area contributed by atoms with E-state index in [1.54, 1.807) is 12.1 Å². The summed E-state index contributed by atoms with van der Waals surface area (Å²) in [6.07, 6.45) is 0. The minimum atomic E-state index is -3.76. The molecule has 0 fully saturated rings. The molecule has 0 bridgehead atoms. The monoisotopic (exact) mass is 499 g/mol. The third-order valence-electron chi connectivity index (χ3n) is 5.26. The van der Waals surface area contributed by atoms with Gasteiger partial charge in [0, 0.05) is 45.6 Å². The first-order chi connectivity index (χ1) is 14.8. The summed E-state index contributed by atoms with van der Waals surface area (Å²) in [5.74, 6) is -0.401. The van der Waals surface area contributed by atoms with Crippen LogP contribution < -0.4 is 5.32 Å². The molecule has 6 nitrogen and oxygen atoms in total. The van der Waals surface area contributed by atoms with E-state index in [1.165, 1.54) is 19.2 Å². The molecule has 0 aliphatic carbocycles. The number of halogens is 1. The van der Waals surface area contributed by atoms with Crippen molar-refractivity contribution in [1.29, 1.82) is 0 Å². The third-order valence-corrected chi connectivity index (χ3v) is 7.61. The highest BCUT2D eigenvalue weighted by Gasteiger charge is 2.23. The van der Waals surface area contributed by atoms with Gasteiger partial charge < -0.3 is 9.88 Å². The van der Waals surface area contributed by atoms with Crippen molar-refractivity contribution in [3.8, 4) is 0 Å². The van der Waals surface area contributed by atoms with Crippen molar-refractivity contribution in [2.75, 3.05) is 18.9 Å². The number of hydrogen-bond donors (Lipinski definition) is 1. The van der Waals surface area contributed by atoms with Crippen molar-refractivity contribution in [1.82, 2.24) is 8.87 Å². The van der Waals surface area contributed by atoms with Gasteiger partial charge in [0.2, 0.25) is 15.9 Å². The van der Waals surface area contributed by atoms with E-state index >= 15 is 0 Å². The van der Waals surface area contributed by atoms with Crippen LogP contribution >= 0.6 is 15.9 Å². The number of likely N-dealkylation sites (N-methyl/N-ethyl adjacent to an activating group) is 1. The average Bonchev–Trinajstić information content (AvgIpc) is 3.07. The molecule has 1 aromatic heterocycles. The maximum absolute atomic E-state index is 12.7. The van der Waals surface area contributed by atoms with Gasteiger partial charge in [0.1, 0.15) is 0 Å². The number of fused-ring (bicyclic) bond motifs is 3. The molecule has 1 N–H and O–H groups in total. The van der Waals surface area contributed by atoms with Gasteiger partial charge in [0.15, 0.2) is 0 Å². The Labute approximate surface area is 189 Å². The summed E-state index contributed by atoms with van der Waals surface area (Å²) in [6, 6.07) is 20.2. The second-order valence-corrected chi connectivity index (χ2v) is 10.2. The fourth-order valence-corrected chi connectivity index (χ4v) is 5.14. The first kappa shape index (κ1) is 21.5. The van der Waals surface area contributed by atoms with E-state index in [4.69, 9.17) is 0 Å². The Kier molecular flexibility index (Phi) is 5.88. The van der Waals surface area contributed by atoms with Crippen LogP contribution in [0.5, 0.6) is 0 Å². The molecule has 1 amide bonds. The number of carbonyl (C=O) groups excluding carboxylic acids is 1. The second-order valence-electron chi connectivity index (χ2n) is 7.26. The van der Waals surface area contributed by atoms with Crippen LogP contribution in [0.3, 0.4) is 0 Å². The van der Waals surface area contributed by atoms with Crippen LogP contribution in [0.1, 0.15) is 6.92 Å². The fourth-order valence-electron chi connectivity index (χ4n) is 3.75. The Morgan fingerprint density at radius 3 is 2.39 bits per heavy atom. The molecule has 8 heteroatoms. The van der Waals surface area contributed by atoms with E-state index in [-0.39, 0.29) is 11.4 Å². The van der Waals surface area contributed by atoms with Crippen LogP contribution in [0.15, 0.2) is 76.1 Å². The van der Waals surface area contributed by atoms with Crippen LogP contribution in [-0.4, -0.2) is 36.8 Å². The number of nitrogens with one attached hydrogen (secondary N) is 1. The van der Waals surface area contributed by atoms with Crippen LogP contribution in [0.4, 0.5) is 5.69 Å². The fraction of sp³-hybridized carbons (Fsp3) is 0.174. The van der Waals surface area contributed by atoms with Gasteiger partial charge in [-0.05, 0) is 55.5 Å². The molecule has 31 heavy (non-hydrogen) atoms. The highest BCUT2D eigenvalue weighted by atomic mass is 79.9. The predicted molar refractivity (Wildman–Crippen MR) is 128 cm³/mol. The second kappa shape index (κ2) is 8.45. The molecule has 0 aliphatic rings. The summed E-state index contributed by atoms with van der Waals surface area (Å²) in [5.41, 5.74) is 2.87. The number of hydrogen-bond acceptors (Lipinski definition) is 3. The number of nitrogens with zero attached hydrogens (tertiary/aromatic N) is 2. The van der Waals surface area contributed by atoms with Crippen LogP contribution in [0.2, 0.25) is 0 Å². The number of sulfonamides is 1. The highest BCUT2D eigenvalue weighted by Crippen LogP contribution is 2.31. The number of carbonyl (C=O) groups is 1. The smallest absolute Gasteiger partial charge is 0.243 e. The summed E-state index contributed by atoms with van der Waals surface area (Å²) in [5, 5.41) is 4.99. The number of anilines is 1. The van der Waals surface area contributed by atoms with E-state index in [0.717, 1.165) is 37.1 Å². The van der Waals surface area contributed by atoms with Gasteiger partial charge in [-0.3, -0.25) is 4.79 Å². The number of benzene rings is 3. The normalized spacial score (nSPS) is 12.0. The maximum Gasteiger partial charge on any atom is 0.243 e. The lowest BCUT2D eigenvalue weighted by Crippen LogP contribution is -2.34. The first-order valence-corrected chi connectivity index (χ1v) is 12.1. The van der Waals surface area contributed by atoms with E-state index in [9.17, 15) is 13.2 Å². The van der Waals surface area contributed by atoms with Crippen LogP contribution in [-0.2, 0) is 21.4 Å². The zero-order chi connectivity index (χ0) is 22.2. The van der Waals surface area contributed by atoms with Gasteiger partial charge in [-0.1, -0.05) is 34.1 Å². The van der Waals surface area contributed by atoms with Crippen LogP contribution in [0, 0.1) is 0 Å². The van der Waals surface area contributed by atoms with Gasteiger partial charge in [0.05, 0.1) is 11.4 Å². The molecule has 160 valence electrons. The Balaban J connectivity index is 1.56. The molecule has 3 aromatic carbocycles. The minimum absolute atomic E-state index is 0.139. The Bertz CT molecular complexity index is 1380. The minimum Gasteiger partial charge on any atom is -0.341 e. The number of aryl methyl sites for hydroxylation is 1. The molecule has 0 spiro atoms. The van der Waals surface area contributed by atoms with Crippen molar-refractivity contribution < 1.29 is 13.2 Å². The molecule has 0 saturated heterocycles. The summed E-state index contributed by atoms with van der Waals surface area (Å²) < 4.78 is 29.5. The van der Waals surface area contributed by atoms with E-state index < -0.39 is 15.9 Å². The number of aromatic nitrogens is 1. The summed E-state index contributed by atoms with van der Waals surface area (Å²) in [6.45, 7) is 2.66. The summed E-state index contributed by atoms with van der Waals surface area (Å²) in [4.78, 5) is 12.7. The topological polar surface area (TPSA) is 71.4 Å². The number of rotatable bonds is 6. The molecule has 4 rings (SSSR count).